The molecule has 0 atom stereocenters. The number of carbonyl (C=O) groups excluding carboxylic acids is 1. The molecule has 0 aliphatic rings. The lowest BCUT2D eigenvalue weighted by Gasteiger charge is -2.12. The van der Waals surface area contributed by atoms with Gasteiger partial charge in [0.15, 0.2) is 0 Å². The van der Waals surface area contributed by atoms with Gasteiger partial charge in [0.25, 0.3) is 5.91 Å². The highest BCUT2D eigenvalue weighted by atomic mass is 35.5. The minimum Gasteiger partial charge on any atom is -0.489 e. The van der Waals surface area contributed by atoms with Crippen LogP contribution in [0, 0.1) is 5.82 Å². The van der Waals surface area contributed by atoms with Crippen LogP contribution in [0.3, 0.4) is 0 Å². The van der Waals surface area contributed by atoms with Crippen molar-refractivity contribution in [1.82, 2.24) is 4.98 Å². The zero-order chi connectivity index (χ0) is 15.9. The fourth-order valence-corrected chi connectivity index (χ4v) is 1.84. The summed E-state index contributed by atoms with van der Waals surface area (Å²) < 4.78 is 23.7. The van der Waals surface area contributed by atoms with E-state index in [2.05, 4.69) is 10.3 Å². The topological polar surface area (TPSA) is 60.5 Å². The van der Waals surface area contributed by atoms with Crippen molar-refractivity contribution in [3.8, 4) is 5.75 Å². The molecule has 0 bridgehead atoms. The van der Waals surface area contributed by atoms with Crippen LogP contribution in [0.15, 0.2) is 36.5 Å². The average molecular weight is 325 g/mol. The Morgan fingerprint density at radius 2 is 2.14 bits per heavy atom. The van der Waals surface area contributed by atoms with E-state index in [1.54, 1.807) is 13.2 Å². The molecule has 1 aromatic heterocycles. The van der Waals surface area contributed by atoms with Gasteiger partial charge in [0.1, 0.15) is 23.9 Å². The van der Waals surface area contributed by atoms with Gasteiger partial charge in [-0.25, -0.2) is 4.39 Å². The number of anilines is 1. The number of nitrogens with one attached hydrogen (secondary N) is 1. The molecule has 0 saturated heterocycles. The molecular formula is C15H14ClFN2O3. The van der Waals surface area contributed by atoms with Crippen LogP contribution in [0.2, 0.25) is 5.02 Å². The number of aromatic nitrogens is 1. The zero-order valence-corrected chi connectivity index (χ0v) is 12.6. The zero-order valence-electron chi connectivity index (χ0n) is 11.8. The molecule has 0 saturated carbocycles. The highest BCUT2D eigenvalue weighted by Crippen LogP contribution is 2.26. The third kappa shape index (κ3) is 4.41. The largest absolute Gasteiger partial charge is 0.489 e. The van der Waals surface area contributed by atoms with Gasteiger partial charge in [0, 0.05) is 24.4 Å². The molecule has 0 aliphatic carbocycles. The maximum atomic E-state index is 13.4. The molecule has 1 N–H and O–H groups in total. The van der Waals surface area contributed by atoms with E-state index in [1.165, 1.54) is 30.5 Å². The van der Waals surface area contributed by atoms with Crippen LogP contribution in [0.1, 0.15) is 10.5 Å². The predicted molar refractivity (Wildman–Crippen MR) is 81.0 cm³/mol. The SMILES string of the molecule is COCCOc1ccc(F)cc1NC(=O)c1cc(Cl)ccn1. The number of ether oxygens (including phenoxy) is 2. The van der Waals surface area contributed by atoms with Crippen molar-refractivity contribution in [2.75, 3.05) is 25.6 Å². The standard InChI is InChI=1S/C15H14ClFN2O3/c1-21-6-7-22-14-3-2-11(17)9-12(14)19-15(20)13-8-10(16)4-5-18-13/h2-5,8-9H,6-7H2,1H3,(H,19,20). The van der Waals surface area contributed by atoms with Crippen molar-refractivity contribution in [3.63, 3.8) is 0 Å². The van der Waals surface area contributed by atoms with Gasteiger partial charge in [-0.3, -0.25) is 9.78 Å². The van der Waals surface area contributed by atoms with E-state index in [0.29, 0.717) is 17.4 Å². The minimum atomic E-state index is -0.510. The Morgan fingerprint density at radius 3 is 2.86 bits per heavy atom. The first-order valence-corrected chi connectivity index (χ1v) is 6.82. The molecule has 0 radical (unpaired) electrons. The number of rotatable bonds is 6. The van der Waals surface area contributed by atoms with Crippen molar-refractivity contribution in [1.29, 1.82) is 0 Å². The summed E-state index contributed by atoms with van der Waals surface area (Å²) in [6, 6.07) is 6.83. The second-order valence-corrected chi connectivity index (χ2v) is 4.73. The van der Waals surface area contributed by atoms with Crippen molar-refractivity contribution in [3.05, 3.63) is 53.1 Å². The summed E-state index contributed by atoms with van der Waals surface area (Å²) in [5.74, 6) is -0.660. The molecule has 0 unspecified atom stereocenters. The molecule has 1 heterocycles. The summed E-state index contributed by atoms with van der Waals surface area (Å²) >= 11 is 5.81. The molecular weight excluding hydrogens is 311 g/mol. The molecule has 0 spiro atoms. The first-order valence-electron chi connectivity index (χ1n) is 6.44. The van der Waals surface area contributed by atoms with E-state index in [0.717, 1.165) is 0 Å². The number of methoxy groups -OCH3 is 1. The van der Waals surface area contributed by atoms with Crippen molar-refractivity contribution in [2.45, 2.75) is 0 Å². The number of nitrogens with zero attached hydrogens (tertiary/aromatic N) is 1. The summed E-state index contributed by atoms with van der Waals surface area (Å²) in [7, 11) is 1.54. The molecule has 1 aromatic carbocycles. The van der Waals surface area contributed by atoms with Gasteiger partial charge >= 0.3 is 0 Å². The maximum Gasteiger partial charge on any atom is 0.274 e. The summed E-state index contributed by atoms with van der Waals surface area (Å²) in [6.45, 7) is 0.654. The smallest absolute Gasteiger partial charge is 0.274 e. The second kappa shape index (κ2) is 7.72. The second-order valence-electron chi connectivity index (χ2n) is 4.30. The molecule has 2 aromatic rings. The molecule has 5 nitrogen and oxygen atoms in total. The van der Waals surface area contributed by atoms with Crippen LogP contribution >= 0.6 is 11.6 Å². The Morgan fingerprint density at radius 1 is 1.32 bits per heavy atom. The van der Waals surface area contributed by atoms with Gasteiger partial charge in [0.05, 0.1) is 12.3 Å². The molecule has 22 heavy (non-hydrogen) atoms. The van der Waals surface area contributed by atoms with Gasteiger partial charge in [-0.1, -0.05) is 11.6 Å². The molecule has 1 amide bonds. The summed E-state index contributed by atoms with van der Waals surface area (Å²) in [4.78, 5) is 16.0. The van der Waals surface area contributed by atoms with Crippen molar-refractivity contribution >= 4 is 23.2 Å². The lowest BCUT2D eigenvalue weighted by atomic mass is 10.2. The van der Waals surface area contributed by atoms with E-state index in [1.807, 2.05) is 0 Å². The minimum absolute atomic E-state index is 0.125. The Hall–Kier alpha value is -2.18. The molecule has 0 aliphatic heterocycles. The molecule has 2 rings (SSSR count). The maximum absolute atomic E-state index is 13.4. The van der Waals surface area contributed by atoms with Crippen molar-refractivity contribution < 1.29 is 18.7 Å². The first-order chi connectivity index (χ1) is 10.6. The van der Waals surface area contributed by atoms with E-state index in [9.17, 15) is 9.18 Å². The van der Waals surface area contributed by atoms with Crippen LogP contribution in [-0.4, -0.2) is 31.2 Å². The number of amides is 1. The lowest BCUT2D eigenvalue weighted by molar-refractivity contribution is 0.102. The van der Waals surface area contributed by atoms with Gasteiger partial charge < -0.3 is 14.8 Å². The summed E-state index contributed by atoms with van der Waals surface area (Å²) in [6.07, 6.45) is 1.42. The normalized spacial score (nSPS) is 10.3. The molecule has 7 heteroatoms. The number of benzene rings is 1. The quantitative estimate of drug-likeness (QED) is 0.829. The Labute approximate surface area is 132 Å². The third-order valence-corrected chi connectivity index (χ3v) is 2.92. The fourth-order valence-electron chi connectivity index (χ4n) is 1.68. The Balaban J connectivity index is 2.16. The van der Waals surface area contributed by atoms with Crippen LogP contribution in [0.4, 0.5) is 10.1 Å². The monoisotopic (exact) mass is 324 g/mol. The highest BCUT2D eigenvalue weighted by Gasteiger charge is 2.12. The number of hydrogen-bond acceptors (Lipinski definition) is 4. The van der Waals surface area contributed by atoms with Gasteiger partial charge in [0.2, 0.25) is 0 Å². The number of halogens is 2. The average Bonchev–Trinajstić information content (AvgIpc) is 2.49. The van der Waals surface area contributed by atoms with Crippen LogP contribution < -0.4 is 10.1 Å². The Kier molecular flexibility index (Phi) is 5.68. The van der Waals surface area contributed by atoms with Crippen LogP contribution in [0.25, 0.3) is 0 Å². The predicted octanol–water partition coefficient (Wildman–Crippen LogP) is 3.15. The van der Waals surface area contributed by atoms with E-state index in [4.69, 9.17) is 21.1 Å². The number of pyridine rings is 1. The van der Waals surface area contributed by atoms with E-state index in [-0.39, 0.29) is 18.0 Å². The number of carbonyl (C=O) groups is 1. The number of hydrogen-bond donors (Lipinski definition) is 1. The third-order valence-electron chi connectivity index (χ3n) is 2.69. The Bertz CT molecular complexity index is 667. The summed E-state index contributed by atoms with van der Waals surface area (Å²) in [5.41, 5.74) is 0.336. The fraction of sp³-hybridized carbons (Fsp3) is 0.200. The van der Waals surface area contributed by atoms with Gasteiger partial charge in [-0.15, -0.1) is 0 Å². The van der Waals surface area contributed by atoms with Gasteiger partial charge in [-0.2, -0.15) is 0 Å². The van der Waals surface area contributed by atoms with Gasteiger partial charge in [-0.05, 0) is 24.3 Å². The highest BCUT2D eigenvalue weighted by molar-refractivity contribution is 6.30. The van der Waals surface area contributed by atoms with Crippen LogP contribution in [0.5, 0.6) is 5.75 Å². The lowest BCUT2D eigenvalue weighted by Crippen LogP contribution is -2.15. The molecule has 0 fully saturated rings. The molecule has 116 valence electrons. The van der Waals surface area contributed by atoms with Crippen LogP contribution in [-0.2, 0) is 4.74 Å². The first kappa shape index (κ1) is 16.2. The van der Waals surface area contributed by atoms with E-state index < -0.39 is 11.7 Å². The van der Waals surface area contributed by atoms with E-state index >= 15 is 0 Å². The summed E-state index contributed by atoms with van der Waals surface area (Å²) in [5, 5.41) is 2.94. The van der Waals surface area contributed by atoms with Crippen molar-refractivity contribution in [2.24, 2.45) is 0 Å².